The zero-order valence-corrected chi connectivity index (χ0v) is 17.7. The summed E-state index contributed by atoms with van der Waals surface area (Å²) in [4.78, 5) is 47.2. The maximum atomic E-state index is 12.8. The third-order valence-electron chi connectivity index (χ3n) is 4.14. The fraction of sp³-hybridized carbons (Fsp3) is 0.588. The van der Waals surface area contributed by atoms with Crippen LogP contribution in [0.3, 0.4) is 0 Å². The first-order chi connectivity index (χ1) is 14.2. The average Bonchev–Trinajstić information content (AvgIpc) is 3.20. The Morgan fingerprint density at radius 1 is 1.23 bits per heavy atom. The number of H-pyrrole nitrogens is 1. The minimum Gasteiger partial charge on any atom is -0.480 e. The predicted octanol–water partition coefficient (Wildman–Crippen LogP) is -1.86. The highest BCUT2D eigenvalue weighted by Crippen LogP contribution is 2.05. The van der Waals surface area contributed by atoms with Gasteiger partial charge in [0.1, 0.15) is 12.1 Å². The number of aliphatic carboxylic acids is 1. The van der Waals surface area contributed by atoms with Gasteiger partial charge in [0.05, 0.1) is 12.4 Å². The lowest BCUT2D eigenvalue weighted by Crippen LogP contribution is -2.55. The van der Waals surface area contributed by atoms with Gasteiger partial charge in [0.2, 0.25) is 11.8 Å². The largest absolute Gasteiger partial charge is 0.480 e. The molecule has 0 aliphatic rings. The number of carbonyl (C=O) groups is 3. The van der Waals surface area contributed by atoms with Gasteiger partial charge >= 0.3 is 5.97 Å². The number of amides is 2. The number of hydrogen-bond acceptors (Lipinski definition) is 7. The number of aromatic amines is 1. The van der Waals surface area contributed by atoms with Crippen molar-refractivity contribution < 1.29 is 19.5 Å². The van der Waals surface area contributed by atoms with E-state index >= 15 is 0 Å². The summed E-state index contributed by atoms with van der Waals surface area (Å²) in [5.41, 5.74) is 17.0. The Morgan fingerprint density at radius 3 is 2.50 bits per heavy atom. The second-order valence-corrected chi connectivity index (χ2v) is 7.56. The fourth-order valence-electron chi connectivity index (χ4n) is 2.51. The van der Waals surface area contributed by atoms with E-state index in [1.807, 2.05) is 6.26 Å². The summed E-state index contributed by atoms with van der Waals surface area (Å²) in [7, 11) is 0. The van der Waals surface area contributed by atoms with Crippen molar-refractivity contribution in [2.75, 3.05) is 18.6 Å². The zero-order chi connectivity index (χ0) is 22.5. The number of guanidine groups is 1. The number of aromatic nitrogens is 2. The smallest absolute Gasteiger partial charge is 0.326 e. The molecular weight excluding hydrogens is 412 g/mol. The van der Waals surface area contributed by atoms with E-state index in [2.05, 4.69) is 25.6 Å². The summed E-state index contributed by atoms with van der Waals surface area (Å²) >= 11 is 1.56. The maximum Gasteiger partial charge on any atom is 0.326 e. The number of nitrogens with zero attached hydrogens (tertiary/aromatic N) is 2. The maximum absolute atomic E-state index is 12.8. The van der Waals surface area contributed by atoms with Gasteiger partial charge in [-0.1, -0.05) is 0 Å². The Labute approximate surface area is 178 Å². The van der Waals surface area contributed by atoms with E-state index in [-0.39, 0.29) is 25.3 Å². The summed E-state index contributed by atoms with van der Waals surface area (Å²) in [6.45, 7) is 0.237. The van der Waals surface area contributed by atoms with Crippen LogP contribution >= 0.6 is 11.8 Å². The second-order valence-electron chi connectivity index (χ2n) is 6.58. The molecule has 1 heterocycles. The number of imidazole rings is 1. The Kier molecular flexibility index (Phi) is 11.3. The number of thioether (sulfide) groups is 1. The highest BCUT2D eigenvalue weighted by Gasteiger charge is 2.28. The van der Waals surface area contributed by atoms with E-state index in [4.69, 9.17) is 17.2 Å². The summed E-state index contributed by atoms with van der Waals surface area (Å²) < 4.78 is 0. The van der Waals surface area contributed by atoms with Crippen LogP contribution in [0.25, 0.3) is 0 Å². The van der Waals surface area contributed by atoms with Crippen molar-refractivity contribution in [1.29, 1.82) is 0 Å². The lowest BCUT2D eigenvalue weighted by Gasteiger charge is -2.22. The molecule has 3 atom stereocenters. The molecule has 0 saturated carbocycles. The first-order valence-electron chi connectivity index (χ1n) is 9.35. The standard InChI is InChI=1S/C17H30N8O4S/c1-30-6-4-11(18)14(26)25-13(7-10-8-21-9-23-10)15(27)24-12(16(28)29)3-2-5-22-17(19)20/h8-9,11-13H,2-7,18H2,1H3,(H,21,23)(H,24,27)(H,25,26)(H,28,29)(H4,19,20,22)/t11-,12-,13-/m0/s1. The van der Waals surface area contributed by atoms with E-state index in [0.717, 1.165) is 0 Å². The number of carbonyl (C=O) groups excluding carboxylic acids is 2. The van der Waals surface area contributed by atoms with E-state index in [1.165, 1.54) is 12.5 Å². The van der Waals surface area contributed by atoms with Crippen molar-refractivity contribution in [2.45, 2.75) is 43.8 Å². The molecule has 2 amide bonds. The monoisotopic (exact) mass is 442 g/mol. The van der Waals surface area contributed by atoms with Crippen molar-refractivity contribution in [1.82, 2.24) is 20.6 Å². The molecule has 168 valence electrons. The van der Waals surface area contributed by atoms with Crippen molar-refractivity contribution in [3.63, 3.8) is 0 Å². The minimum atomic E-state index is -1.20. The van der Waals surface area contributed by atoms with Crippen LogP contribution in [0.5, 0.6) is 0 Å². The minimum absolute atomic E-state index is 0.0916. The first kappa shape index (κ1) is 25.2. The number of aliphatic imine (C=N–C) groups is 1. The van der Waals surface area contributed by atoms with E-state index in [1.54, 1.807) is 11.8 Å². The normalized spacial score (nSPS) is 13.7. The molecule has 0 fully saturated rings. The van der Waals surface area contributed by atoms with Gasteiger partial charge in [-0.3, -0.25) is 14.6 Å². The lowest BCUT2D eigenvalue weighted by molar-refractivity contribution is -0.142. The molecular formula is C17H30N8O4S. The number of nitrogens with one attached hydrogen (secondary N) is 3. The number of nitrogens with two attached hydrogens (primary N) is 3. The number of rotatable bonds is 14. The molecule has 1 rings (SSSR count). The van der Waals surface area contributed by atoms with Crippen LogP contribution in [0.4, 0.5) is 0 Å². The molecule has 0 aliphatic carbocycles. The Hall–Kier alpha value is -2.80. The van der Waals surface area contributed by atoms with E-state index in [0.29, 0.717) is 24.3 Å². The van der Waals surface area contributed by atoms with Crippen LogP contribution in [0.2, 0.25) is 0 Å². The zero-order valence-electron chi connectivity index (χ0n) is 16.8. The van der Waals surface area contributed by atoms with Crippen molar-refractivity contribution in [2.24, 2.45) is 22.2 Å². The Balaban J connectivity index is 2.79. The van der Waals surface area contributed by atoms with E-state index in [9.17, 15) is 19.5 Å². The van der Waals surface area contributed by atoms with Gasteiger partial charge in [-0.15, -0.1) is 0 Å². The number of carboxylic acids is 1. The molecule has 12 nitrogen and oxygen atoms in total. The number of carboxylic acid groups (broad SMARTS) is 1. The van der Waals surface area contributed by atoms with Crippen LogP contribution in [-0.4, -0.2) is 75.5 Å². The van der Waals surface area contributed by atoms with Crippen molar-refractivity contribution in [3.8, 4) is 0 Å². The topological polar surface area (TPSA) is 215 Å². The van der Waals surface area contributed by atoms with Gasteiger partial charge in [0, 0.05) is 24.9 Å². The van der Waals surface area contributed by atoms with Crippen LogP contribution in [0.15, 0.2) is 17.5 Å². The van der Waals surface area contributed by atoms with Crippen LogP contribution < -0.4 is 27.8 Å². The van der Waals surface area contributed by atoms with Crippen molar-refractivity contribution in [3.05, 3.63) is 18.2 Å². The van der Waals surface area contributed by atoms with Gasteiger partial charge in [0.25, 0.3) is 0 Å². The molecule has 0 saturated heterocycles. The molecule has 0 spiro atoms. The second kappa shape index (κ2) is 13.4. The van der Waals surface area contributed by atoms with Gasteiger partial charge < -0.3 is 37.9 Å². The number of hydrogen-bond donors (Lipinski definition) is 7. The molecule has 1 aromatic heterocycles. The lowest BCUT2D eigenvalue weighted by atomic mass is 10.1. The fourth-order valence-corrected chi connectivity index (χ4v) is 3.00. The molecule has 0 radical (unpaired) electrons. The van der Waals surface area contributed by atoms with Crippen molar-refractivity contribution >= 4 is 35.5 Å². The summed E-state index contributed by atoms with van der Waals surface area (Å²) in [6, 6.07) is -2.94. The Morgan fingerprint density at radius 2 is 1.93 bits per heavy atom. The molecule has 0 aliphatic heterocycles. The summed E-state index contributed by atoms with van der Waals surface area (Å²) in [5, 5.41) is 14.5. The summed E-state index contributed by atoms with van der Waals surface area (Å²) in [6.07, 6.45) is 5.89. The van der Waals surface area contributed by atoms with Crippen LogP contribution in [-0.2, 0) is 20.8 Å². The highest BCUT2D eigenvalue weighted by atomic mass is 32.2. The average molecular weight is 443 g/mol. The third-order valence-corrected chi connectivity index (χ3v) is 4.79. The molecule has 1 aromatic rings. The van der Waals surface area contributed by atoms with Crippen LogP contribution in [0.1, 0.15) is 25.0 Å². The Bertz CT molecular complexity index is 709. The van der Waals surface area contributed by atoms with Gasteiger partial charge in [-0.25, -0.2) is 9.78 Å². The SMILES string of the molecule is CSCC[C@H](N)C(=O)N[C@@H](Cc1cnc[nH]1)C(=O)N[C@@H](CCCN=C(N)N)C(=O)O. The van der Waals surface area contributed by atoms with Gasteiger partial charge in [-0.05, 0) is 31.3 Å². The molecule has 13 heteroatoms. The summed E-state index contributed by atoms with van der Waals surface area (Å²) in [5.74, 6) is -1.71. The van der Waals surface area contributed by atoms with E-state index < -0.39 is 35.9 Å². The molecule has 0 aromatic carbocycles. The van der Waals surface area contributed by atoms with Gasteiger partial charge in [-0.2, -0.15) is 11.8 Å². The molecule has 0 bridgehead atoms. The predicted molar refractivity (Wildman–Crippen MR) is 115 cm³/mol. The quantitative estimate of drug-likeness (QED) is 0.0975. The molecule has 10 N–H and O–H groups in total. The van der Waals surface area contributed by atoms with Crippen LogP contribution in [0, 0.1) is 0 Å². The molecule has 30 heavy (non-hydrogen) atoms. The molecule has 0 unspecified atom stereocenters. The third kappa shape index (κ3) is 9.60. The first-order valence-corrected chi connectivity index (χ1v) is 10.7. The highest BCUT2D eigenvalue weighted by molar-refractivity contribution is 7.98. The van der Waals surface area contributed by atoms with Gasteiger partial charge in [0.15, 0.2) is 5.96 Å².